The Morgan fingerprint density at radius 2 is 1.59 bits per heavy atom. The number of carbonyl (C=O) groups excluding carboxylic acids is 2. The van der Waals surface area contributed by atoms with Crippen LogP contribution in [0.1, 0.15) is 41.1 Å². The maximum Gasteiger partial charge on any atom is 0.339 e. The van der Waals surface area contributed by atoms with Crippen LogP contribution in [0.2, 0.25) is 0 Å². The first-order chi connectivity index (χ1) is 18.6. The number of methoxy groups -OCH3 is 3. The molecular formula is C28H32N2O9. The molecule has 2 amide bonds. The Bertz CT molecular complexity index is 1450. The molecule has 0 saturated heterocycles. The summed E-state index contributed by atoms with van der Waals surface area (Å²) in [5.74, 6) is -0.691. The van der Waals surface area contributed by atoms with Gasteiger partial charge >= 0.3 is 11.6 Å². The third kappa shape index (κ3) is 6.86. The molecule has 11 heteroatoms. The van der Waals surface area contributed by atoms with E-state index in [-0.39, 0.29) is 19.3 Å². The van der Waals surface area contributed by atoms with Gasteiger partial charge < -0.3 is 34.4 Å². The lowest BCUT2D eigenvalue weighted by Crippen LogP contribution is -2.35. The lowest BCUT2D eigenvalue weighted by Gasteiger charge is -2.20. The number of carboxylic acids is 1. The highest BCUT2D eigenvalue weighted by atomic mass is 16.5. The van der Waals surface area contributed by atoms with Crippen LogP contribution in [0.5, 0.6) is 17.2 Å². The summed E-state index contributed by atoms with van der Waals surface area (Å²) in [6.45, 7) is 3.06. The van der Waals surface area contributed by atoms with Gasteiger partial charge in [0.1, 0.15) is 17.9 Å². The molecule has 0 fully saturated rings. The number of nitrogens with one attached hydrogen (secondary N) is 2. The van der Waals surface area contributed by atoms with Crippen molar-refractivity contribution < 1.29 is 38.1 Å². The second-order valence-electron chi connectivity index (χ2n) is 8.87. The van der Waals surface area contributed by atoms with Crippen LogP contribution in [-0.2, 0) is 20.8 Å². The number of ether oxygens (including phenoxy) is 3. The lowest BCUT2D eigenvalue weighted by atomic mass is 9.99. The van der Waals surface area contributed by atoms with Gasteiger partial charge in [-0.2, -0.15) is 0 Å². The molecule has 3 N–H and O–H groups in total. The summed E-state index contributed by atoms with van der Waals surface area (Å²) in [5, 5.41) is 14.7. The molecule has 0 saturated carbocycles. The first kappa shape index (κ1) is 29.0. The van der Waals surface area contributed by atoms with E-state index in [1.54, 1.807) is 38.1 Å². The summed E-state index contributed by atoms with van der Waals surface area (Å²) in [6.07, 6.45) is -0.148. The molecule has 1 unspecified atom stereocenters. The van der Waals surface area contributed by atoms with E-state index in [0.717, 1.165) is 5.39 Å². The van der Waals surface area contributed by atoms with E-state index in [4.69, 9.17) is 23.7 Å². The fourth-order valence-corrected chi connectivity index (χ4v) is 4.34. The molecule has 1 atom stereocenters. The van der Waals surface area contributed by atoms with E-state index in [0.29, 0.717) is 45.1 Å². The number of rotatable bonds is 12. The van der Waals surface area contributed by atoms with E-state index < -0.39 is 36.0 Å². The van der Waals surface area contributed by atoms with Crippen molar-refractivity contribution in [3.63, 3.8) is 0 Å². The maximum absolute atomic E-state index is 13.0. The van der Waals surface area contributed by atoms with Gasteiger partial charge in [-0.05, 0) is 55.7 Å². The number of amides is 2. The summed E-state index contributed by atoms with van der Waals surface area (Å²) in [5.41, 5.74) is 2.25. The summed E-state index contributed by atoms with van der Waals surface area (Å²) in [7, 11) is 4.49. The predicted molar refractivity (Wildman–Crippen MR) is 143 cm³/mol. The molecule has 1 heterocycles. The predicted octanol–water partition coefficient (Wildman–Crippen LogP) is 2.82. The Hall–Kier alpha value is -4.54. The van der Waals surface area contributed by atoms with Gasteiger partial charge in [0.25, 0.3) is 0 Å². The van der Waals surface area contributed by atoms with Crippen molar-refractivity contribution in [1.29, 1.82) is 0 Å². The van der Waals surface area contributed by atoms with Gasteiger partial charge in [0.2, 0.25) is 11.8 Å². The minimum Gasteiger partial charge on any atom is -0.496 e. The Labute approximate surface area is 225 Å². The molecule has 0 aliphatic carbocycles. The van der Waals surface area contributed by atoms with Crippen LogP contribution in [0.25, 0.3) is 11.0 Å². The average Bonchev–Trinajstić information content (AvgIpc) is 2.91. The third-order valence-electron chi connectivity index (χ3n) is 6.45. The Morgan fingerprint density at radius 1 is 0.923 bits per heavy atom. The zero-order valence-corrected chi connectivity index (χ0v) is 22.5. The first-order valence-electron chi connectivity index (χ1n) is 12.2. The zero-order chi connectivity index (χ0) is 28.7. The van der Waals surface area contributed by atoms with E-state index >= 15 is 0 Å². The Kier molecular flexibility index (Phi) is 9.53. The number of carboxylic acid groups (broad SMARTS) is 1. The quantitative estimate of drug-likeness (QED) is 0.294. The van der Waals surface area contributed by atoms with E-state index in [2.05, 4.69) is 10.6 Å². The fraction of sp³-hybridized carbons (Fsp3) is 0.357. The summed E-state index contributed by atoms with van der Waals surface area (Å²) in [4.78, 5) is 49.1. The smallest absolute Gasteiger partial charge is 0.339 e. The van der Waals surface area contributed by atoms with Crippen LogP contribution >= 0.6 is 0 Å². The van der Waals surface area contributed by atoms with Crippen molar-refractivity contribution in [3.8, 4) is 17.2 Å². The fourth-order valence-electron chi connectivity index (χ4n) is 4.34. The van der Waals surface area contributed by atoms with Gasteiger partial charge in [-0.3, -0.25) is 14.4 Å². The average molecular weight is 541 g/mol. The molecule has 0 aliphatic heterocycles. The van der Waals surface area contributed by atoms with E-state index in [1.807, 2.05) is 6.07 Å². The number of aryl methyl sites for hydroxylation is 2. The highest BCUT2D eigenvalue weighted by molar-refractivity contribution is 5.86. The van der Waals surface area contributed by atoms with E-state index in [1.165, 1.54) is 21.3 Å². The second-order valence-corrected chi connectivity index (χ2v) is 8.87. The van der Waals surface area contributed by atoms with Crippen molar-refractivity contribution in [2.24, 2.45) is 0 Å². The molecule has 0 aliphatic rings. The highest BCUT2D eigenvalue weighted by Crippen LogP contribution is 2.32. The zero-order valence-electron chi connectivity index (χ0n) is 22.5. The maximum atomic E-state index is 13.0. The molecule has 3 rings (SSSR count). The normalized spacial score (nSPS) is 11.5. The van der Waals surface area contributed by atoms with Gasteiger partial charge in [-0.15, -0.1) is 0 Å². The number of hydrogen-bond acceptors (Lipinski definition) is 8. The van der Waals surface area contributed by atoms with Crippen LogP contribution in [-0.4, -0.2) is 50.8 Å². The van der Waals surface area contributed by atoms with Crippen molar-refractivity contribution >= 4 is 28.8 Å². The molecule has 1 aromatic heterocycles. The third-order valence-corrected chi connectivity index (χ3v) is 6.45. The minimum atomic E-state index is -1.19. The Morgan fingerprint density at radius 3 is 2.23 bits per heavy atom. The van der Waals surface area contributed by atoms with Gasteiger partial charge in [-0.25, -0.2) is 4.79 Å². The first-order valence-corrected chi connectivity index (χ1v) is 12.2. The van der Waals surface area contributed by atoms with Crippen molar-refractivity contribution in [1.82, 2.24) is 10.6 Å². The lowest BCUT2D eigenvalue weighted by molar-refractivity contribution is -0.138. The number of aliphatic carboxylic acids is 1. The summed E-state index contributed by atoms with van der Waals surface area (Å²) in [6, 6.07) is 7.76. The summed E-state index contributed by atoms with van der Waals surface area (Å²) >= 11 is 0. The largest absolute Gasteiger partial charge is 0.496 e. The van der Waals surface area contributed by atoms with Gasteiger partial charge in [0.05, 0.1) is 33.8 Å². The molecule has 2 aromatic carbocycles. The van der Waals surface area contributed by atoms with Crippen LogP contribution < -0.4 is 30.5 Å². The molecule has 0 radical (unpaired) electrons. The Balaban J connectivity index is 1.82. The second kappa shape index (κ2) is 12.8. The van der Waals surface area contributed by atoms with Crippen molar-refractivity contribution in [3.05, 3.63) is 63.0 Å². The van der Waals surface area contributed by atoms with Crippen LogP contribution in [0, 0.1) is 13.8 Å². The SMILES string of the molecule is COc1ccc(C(CC(=O)NCC(=O)O)NC(=O)CCc2c(C)c3ccc(OC)c(C)c3oc2=O)cc1OC. The van der Waals surface area contributed by atoms with Crippen molar-refractivity contribution in [2.45, 2.75) is 39.2 Å². The van der Waals surface area contributed by atoms with Gasteiger partial charge in [0.15, 0.2) is 11.5 Å². The molecule has 3 aromatic rings. The standard InChI is InChI=1S/C28H32N2O9/c1-15-18-7-10-21(36-3)16(2)27(18)39-28(35)19(15)8-11-24(31)30-20(13-25(32)29-14-26(33)34)17-6-9-22(37-4)23(12-17)38-5/h6-7,9-10,12,20H,8,11,13-14H2,1-5H3,(H,29,32)(H,30,31)(H,33,34). The van der Waals surface area contributed by atoms with Gasteiger partial charge in [-0.1, -0.05) is 6.07 Å². The van der Waals surface area contributed by atoms with Crippen molar-refractivity contribution in [2.75, 3.05) is 27.9 Å². The van der Waals surface area contributed by atoms with Gasteiger partial charge in [0, 0.05) is 22.9 Å². The highest BCUT2D eigenvalue weighted by Gasteiger charge is 2.22. The molecule has 11 nitrogen and oxygen atoms in total. The van der Waals surface area contributed by atoms with E-state index in [9.17, 15) is 19.2 Å². The van der Waals surface area contributed by atoms with Crippen LogP contribution in [0.15, 0.2) is 39.5 Å². The number of benzene rings is 2. The topological polar surface area (TPSA) is 153 Å². The minimum absolute atomic E-state index is 0.0488. The number of hydrogen-bond donors (Lipinski definition) is 3. The van der Waals surface area contributed by atoms with Crippen LogP contribution in [0.3, 0.4) is 0 Å². The monoisotopic (exact) mass is 540 g/mol. The molecule has 39 heavy (non-hydrogen) atoms. The van der Waals surface area contributed by atoms with Crippen LogP contribution in [0.4, 0.5) is 0 Å². The molecule has 0 bridgehead atoms. The summed E-state index contributed by atoms with van der Waals surface area (Å²) < 4.78 is 21.5. The molecule has 208 valence electrons. The molecular weight excluding hydrogens is 508 g/mol. The number of fused-ring (bicyclic) bond motifs is 1. The number of carbonyl (C=O) groups is 3. The molecule has 0 spiro atoms.